The summed E-state index contributed by atoms with van der Waals surface area (Å²) in [7, 11) is 3.68. The molecule has 0 bridgehead atoms. The lowest BCUT2D eigenvalue weighted by molar-refractivity contribution is -0.135. The van der Waals surface area contributed by atoms with Crippen LogP contribution in [0.25, 0.3) is 0 Å². The summed E-state index contributed by atoms with van der Waals surface area (Å²) in [5.74, 6) is 0.985. The molecule has 1 N–H and O–H groups in total. The number of likely N-dealkylation sites (N-methyl/N-ethyl adjacent to an activating group) is 1. The molecule has 2 rings (SSSR count). The fraction of sp³-hybridized carbons (Fsp3) is 0.917. The normalized spacial score (nSPS) is 32.2. The molecule has 3 atom stereocenters. The Morgan fingerprint density at radius 2 is 2.19 bits per heavy atom. The maximum Gasteiger partial charge on any atom is 0.239 e. The molecule has 0 aromatic carbocycles. The zero-order chi connectivity index (χ0) is 11.7. The number of rotatable bonds is 2. The smallest absolute Gasteiger partial charge is 0.239 e. The van der Waals surface area contributed by atoms with E-state index in [-0.39, 0.29) is 11.9 Å². The lowest BCUT2D eigenvalue weighted by Gasteiger charge is -2.40. The van der Waals surface area contributed by atoms with Crippen molar-refractivity contribution in [3.05, 3.63) is 0 Å². The minimum Gasteiger partial charge on any atom is -0.347 e. The van der Waals surface area contributed by atoms with Gasteiger partial charge in [-0.05, 0) is 38.8 Å². The molecule has 3 unspecified atom stereocenters. The van der Waals surface area contributed by atoms with Crippen molar-refractivity contribution in [1.82, 2.24) is 15.1 Å². The average Bonchev–Trinajstić information content (AvgIpc) is 2.74. The standard InChI is InChI=1S/C12H23N3O/c1-9(12(16)14(2)3)15-6-4-5-10-7-13-8-11(10)15/h9-11,13H,4-8H2,1-3H3. The molecule has 1 amide bonds. The number of hydrogen-bond donors (Lipinski definition) is 1. The third-order valence-corrected chi connectivity index (χ3v) is 4.02. The van der Waals surface area contributed by atoms with Crippen molar-refractivity contribution in [1.29, 1.82) is 0 Å². The SMILES string of the molecule is CC(C(=O)N(C)C)N1CCCC2CNCC21. The van der Waals surface area contributed by atoms with Crippen molar-refractivity contribution in [3.8, 4) is 0 Å². The quantitative estimate of drug-likeness (QED) is 0.726. The van der Waals surface area contributed by atoms with E-state index in [2.05, 4.69) is 10.2 Å². The highest BCUT2D eigenvalue weighted by atomic mass is 16.2. The first-order valence-corrected chi connectivity index (χ1v) is 6.29. The van der Waals surface area contributed by atoms with E-state index in [4.69, 9.17) is 0 Å². The molecular formula is C12H23N3O. The summed E-state index contributed by atoms with van der Waals surface area (Å²) in [6, 6.07) is 0.607. The summed E-state index contributed by atoms with van der Waals surface area (Å²) in [4.78, 5) is 16.1. The molecule has 2 heterocycles. The predicted molar refractivity (Wildman–Crippen MR) is 64.2 cm³/mol. The van der Waals surface area contributed by atoms with Crippen molar-refractivity contribution in [2.24, 2.45) is 5.92 Å². The van der Waals surface area contributed by atoms with Crippen LogP contribution in [-0.2, 0) is 4.79 Å². The minimum atomic E-state index is 0.0303. The Balaban J connectivity index is 2.04. The predicted octanol–water partition coefficient (Wildman–Crippen LogP) is 0.147. The number of carbonyl (C=O) groups excluding carboxylic acids is 1. The van der Waals surface area contributed by atoms with Crippen LogP contribution in [0.2, 0.25) is 0 Å². The largest absolute Gasteiger partial charge is 0.347 e. The fourth-order valence-corrected chi connectivity index (χ4v) is 3.10. The number of piperidine rings is 1. The Bertz CT molecular complexity index is 267. The summed E-state index contributed by atoms with van der Waals surface area (Å²) in [5, 5.41) is 3.45. The summed E-state index contributed by atoms with van der Waals surface area (Å²) < 4.78 is 0. The highest BCUT2D eigenvalue weighted by molar-refractivity contribution is 5.81. The van der Waals surface area contributed by atoms with Gasteiger partial charge in [0.15, 0.2) is 0 Å². The first kappa shape index (κ1) is 11.9. The van der Waals surface area contributed by atoms with E-state index in [0.29, 0.717) is 6.04 Å². The number of carbonyl (C=O) groups is 1. The van der Waals surface area contributed by atoms with Crippen LogP contribution in [0.5, 0.6) is 0 Å². The van der Waals surface area contributed by atoms with Crippen molar-refractivity contribution < 1.29 is 4.79 Å². The number of nitrogens with one attached hydrogen (secondary N) is 1. The van der Waals surface area contributed by atoms with Crippen LogP contribution in [0.4, 0.5) is 0 Å². The molecule has 4 heteroatoms. The van der Waals surface area contributed by atoms with E-state index in [9.17, 15) is 4.79 Å². The van der Waals surface area contributed by atoms with E-state index < -0.39 is 0 Å². The van der Waals surface area contributed by atoms with E-state index in [0.717, 1.165) is 25.6 Å². The van der Waals surface area contributed by atoms with Gasteiger partial charge in [0.1, 0.15) is 0 Å². The molecule has 0 aromatic rings. The number of fused-ring (bicyclic) bond motifs is 1. The first-order valence-electron chi connectivity index (χ1n) is 6.29. The second-order valence-corrected chi connectivity index (χ2v) is 5.27. The van der Waals surface area contributed by atoms with Gasteiger partial charge in [-0.1, -0.05) is 0 Å². The van der Waals surface area contributed by atoms with Crippen LogP contribution in [-0.4, -0.2) is 61.5 Å². The molecule has 0 aromatic heterocycles. The van der Waals surface area contributed by atoms with Crippen LogP contribution < -0.4 is 5.32 Å². The minimum absolute atomic E-state index is 0.0303. The Morgan fingerprint density at radius 1 is 1.44 bits per heavy atom. The maximum atomic E-state index is 12.0. The average molecular weight is 225 g/mol. The van der Waals surface area contributed by atoms with Gasteiger partial charge in [-0.3, -0.25) is 9.69 Å². The van der Waals surface area contributed by atoms with E-state index >= 15 is 0 Å². The molecule has 0 saturated carbocycles. The number of hydrogen-bond acceptors (Lipinski definition) is 3. The van der Waals surface area contributed by atoms with Gasteiger partial charge in [-0.15, -0.1) is 0 Å². The number of nitrogens with zero attached hydrogens (tertiary/aromatic N) is 2. The number of amides is 1. The van der Waals surface area contributed by atoms with Gasteiger partial charge in [0, 0.05) is 26.7 Å². The Morgan fingerprint density at radius 3 is 2.88 bits per heavy atom. The van der Waals surface area contributed by atoms with E-state index in [1.54, 1.807) is 4.90 Å². The van der Waals surface area contributed by atoms with Crippen molar-refractivity contribution in [2.75, 3.05) is 33.7 Å². The summed E-state index contributed by atoms with van der Waals surface area (Å²) in [6.45, 7) is 5.30. The monoisotopic (exact) mass is 225 g/mol. The van der Waals surface area contributed by atoms with Crippen LogP contribution in [0, 0.1) is 5.92 Å². The molecule has 2 fully saturated rings. The Hall–Kier alpha value is -0.610. The molecule has 2 aliphatic heterocycles. The van der Waals surface area contributed by atoms with Gasteiger partial charge in [-0.2, -0.15) is 0 Å². The van der Waals surface area contributed by atoms with Gasteiger partial charge >= 0.3 is 0 Å². The zero-order valence-electron chi connectivity index (χ0n) is 10.6. The third-order valence-electron chi connectivity index (χ3n) is 4.02. The Labute approximate surface area is 98.0 Å². The first-order chi connectivity index (χ1) is 7.61. The molecule has 2 aliphatic rings. The van der Waals surface area contributed by atoms with Gasteiger partial charge in [0.2, 0.25) is 5.91 Å². The van der Waals surface area contributed by atoms with Gasteiger partial charge in [-0.25, -0.2) is 0 Å². The van der Waals surface area contributed by atoms with Crippen molar-refractivity contribution >= 4 is 5.91 Å². The van der Waals surface area contributed by atoms with E-state index in [1.807, 2.05) is 21.0 Å². The van der Waals surface area contributed by atoms with Gasteiger partial charge in [0.25, 0.3) is 0 Å². The lowest BCUT2D eigenvalue weighted by Crippen LogP contribution is -2.54. The molecule has 2 saturated heterocycles. The van der Waals surface area contributed by atoms with Crippen LogP contribution in [0.1, 0.15) is 19.8 Å². The van der Waals surface area contributed by atoms with Gasteiger partial charge < -0.3 is 10.2 Å². The van der Waals surface area contributed by atoms with Crippen molar-refractivity contribution in [2.45, 2.75) is 31.8 Å². The maximum absolute atomic E-state index is 12.0. The second-order valence-electron chi connectivity index (χ2n) is 5.27. The van der Waals surface area contributed by atoms with Crippen LogP contribution >= 0.6 is 0 Å². The number of likely N-dealkylation sites (tertiary alicyclic amines) is 1. The molecule has 0 aliphatic carbocycles. The van der Waals surface area contributed by atoms with Gasteiger partial charge in [0.05, 0.1) is 6.04 Å². The summed E-state index contributed by atoms with van der Waals surface area (Å²) in [6.07, 6.45) is 2.55. The molecule has 0 radical (unpaired) electrons. The molecule has 4 nitrogen and oxygen atoms in total. The van der Waals surface area contributed by atoms with Crippen LogP contribution in [0.15, 0.2) is 0 Å². The summed E-state index contributed by atoms with van der Waals surface area (Å²) >= 11 is 0. The van der Waals surface area contributed by atoms with Crippen LogP contribution in [0.3, 0.4) is 0 Å². The van der Waals surface area contributed by atoms with Crippen molar-refractivity contribution in [3.63, 3.8) is 0 Å². The summed E-state index contributed by atoms with van der Waals surface area (Å²) in [5.41, 5.74) is 0. The topological polar surface area (TPSA) is 35.6 Å². The third kappa shape index (κ3) is 2.09. The fourth-order valence-electron chi connectivity index (χ4n) is 3.10. The molecule has 0 spiro atoms. The lowest BCUT2D eigenvalue weighted by atomic mass is 9.91. The van der Waals surface area contributed by atoms with E-state index in [1.165, 1.54) is 12.8 Å². The highest BCUT2D eigenvalue weighted by Gasteiger charge is 2.38. The molecular weight excluding hydrogens is 202 g/mol. The molecule has 92 valence electrons. The molecule has 16 heavy (non-hydrogen) atoms. The second kappa shape index (κ2) is 4.72. The Kier molecular flexibility index (Phi) is 3.50. The highest BCUT2D eigenvalue weighted by Crippen LogP contribution is 2.28. The zero-order valence-corrected chi connectivity index (χ0v) is 10.6.